The van der Waals surface area contributed by atoms with E-state index in [2.05, 4.69) is 9.97 Å². The maximum Gasteiger partial charge on any atom is 0.258 e. The fraction of sp³-hybridized carbons (Fsp3) is 0.182. The Balaban J connectivity index is 1.74. The van der Waals surface area contributed by atoms with Gasteiger partial charge in [0.05, 0.1) is 29.5 Å². The Bertz CT molecular complexity index is 1330. The van der Waals surface area contributed by atoms with E-state index in [-0.39, 0.29) is 11.1 Å². The molecule has 8 heteroatoms. The number of rotatable bonds is 4. The molecule has 4 rings (SSSR count). The van der Waals surface area contributed by atoms with Gasteiger partial charge in [0.2, 0.25) is 0 Å². The van der Waals surface area contributed by atoms with Gasteiger partial charge in [0.15, 0.2) is 0 Å². The Labute approximate surface area is 170 Å². The number of hydrogen-bond acceptors (Lipinski definition) is 4. The molecule has 0 saturated carbocycles. The highest BCUT2D eigenvalue weighted by Gasteiger charge is 2.17. The van der Waals surface area contributed by atoms with Crippen molar-refractivity contribution in [3.63, 3.8) is 0 Å². The van der Waals surface area contributed by atoms with E-state index in [4.69, 9.17) is 0 Å². The molecule has 0 bridgehead atoms. The first-order valence-corrected chi connectivity index (χ1v) is 9.23. The Kier molecular flexibility index (Phi) is 4.99. The molecule has 0 atom stereocenters. The average Bonchev–Trinajstić information content (AvgIpc) is 2.74. The van der Waals surface area contributed by atoms with Crippen molar-refractivity contribution in [3.05, 3.63) is 70.8 Å². The van der Waals surface area contributed by atoms with Crippen LogP contribution in [0.2, 0.25) is 0 Å². The van der Waals surface area contributed by atoms with Gasteiger partial charge in [0.25, 0.3) is 17.9 Å². The molecule has 0 N–H and O–H groups in total. The molecule has 6 nitrogen and oxygen atoms in total. The summed E-state index contributed by atoms with van der Waals surface area (Å²) in [6.45, 7) is -0.640. The van der Waals surface area contributed by atoms with Crippen LogP contribution in [0.5, 0.6) is 0 Å². The van der Waals surface area contributed by atoms with E-state index in [9.17, 15) is 18.4 Å². The van der Waals surface area contributed by atoms with Crippen LogP contribution in [0.25, 0.3) is 33.1 Å². The molecule has 0 aliphatic carbocycles. The molecule has 2 aromatic carbocycles. The van der Waals surface area contributed by atoms with E-state index < -0.39 is 18.9 Å². The van der Waals surface area contributed by atoms with Crippen LogP contribution in [0.4, 0.5) is 8.78 Å². The van der Waals surface area contributed by atoms with Gasteiger partial charge in [0, 0.05) is 36.8 Å². The van der Waals surface area contributed by atoms with Gasteiger partial charge in [-0.1, -0.05) is 6.07 Å². The number of aryl methyl sites for hydroxylation is 1. The largest absolute Gasteiger partial charge is 0.336 e. The van der Waals surface area contributed by atoms with E-state index in [1.165, 1.54) is 11.6 Å². The highest BCUT2D eigenvalue weighted by molar-refractivity contribution is 5.97. The third-order valence-electron chi connectivity index (χ3n) is 4.92. The van der Waals surface area contributed by atoms with Crippen molar-refractivity contribution in [2.45, 2.75) is 6.43 Å². The molecule has 152 valence electrons. The lowest BCUT2D eigenvalue weighted by atomic mass is 10.1. The molecule has 2 aromatic heterocycles. The summed E-state index contributed by atoms with van der Waals surface area (Å²) < 4.78 is 26.7. The molecule has 4 aromatic rings. The number of carbonyl (C=O) groups is 1. The molecule has 0 fully saturated rings. The number of halogens is 2. The van der Waals surface area contributed by atoms with E-state index in [0.29, 0.717) is 22.1 Å². The molecule has 1 amide bonds. The summed E-state index contributed by atoms with van der Waals surface area (Å²) in [4.78, 5) is 34.6. The predicted molar refractivity (Wildman–Crippen MR) is 111 cm³/mol. The van der Waals surface area contributed by atoms with Gasteiger partial charge >= 0.3 is 0 Å². The molecular formula is C22H18F2N4O2. The Morgan fingerprint density at radius 1 is 1.13 bits per heavy atom. The third kappa shape index (κ3) is 3.63. The minimum absolute atomic E-state index is 0.0836. The number of alkyl halides is 2. The molecule has 0 unspecified atom stereocenters. The SMILES string of the molecule is CN(CC(F)F)C(=O)c1ccc2ncc(-c3ccc4c(=O)n(C)ccc4c3)nc2c1. The fourth-order valence-electron chi connectivity index (χ4n) is 3.30. The van der Waals surface area contributed by atoms with E-state index in [1.807, 2.05) is 12.1 Å². The van der Waals surface area contributed by atoms with Gasteiger partial charge in [-0.15, -0.1) is 0 Å². The second-order valence-corrected chi connectivity index (χ2v) is 7.07. The number of nitrogens with zero attached hydrogens (tertiary/aromatic N) is 4. The Morgan fingerprint density at radius 3 is 2.70 bits per heavy atom. The van der Waals surface area contributed by atoms with Crippen LogP contribution in [0, 0.1) is 0 Å². The van der Waals surface area contributed by atoms with Crippen LogP contribution in [0.15, 0.2) is 59.7 Å². The van der Waals surface area contributed by atoms with Crippen LogP contribution in [0.3, 0.4) is 0 Å². The van der Waals surface area contributed by atoms with Crippen LogP contribution >= 0.6 is 0 Å². The van der Waals surface area contributed by atoms with Crippen LogP contribution < -0.4 is 5.56 Å². The minimum atomic E-state index is -2.60. The Morgan fingerprint density at radius 2 is 1.93 bits per heavy atom. The van der Waals surface area contributed by atoms with E-state index in [0.717, 1.165) is 15.8 Å². The summed E-state index contributed by atoms with van der Waals surface area (Å²) >= 11 is 0. The van der Waals surface area contributed by atoms with Gasteiger partial charge in [-0.2, -0.15) is 0 Å². The van der Waals surface area contributed by atoms with Crippen molar-refractivity contribution in [3.8, 4) is 11.3 Å². The summed E-state index contributed by atoms with van der Waals surface area (Å²) in [7, 11) is 3.03. The van der Waals surface area contributed by atoms with Crippen LogP contribution in [0.1, 0.15) is 10.4 Å². The first kappa shape index (κ1) is 19.6. The van der Waals surface area contributed by atoms with Crippen molar-refractivity contribution in [2.24, 2.45) is 7.05 Å². The van der Waals surface area contributed by atoms with Crippen molar-refractivity contribution < 1.29 is 13.6 Å². The smallest absolute Gasteiger partial charge is 0.258 e. The number of fused-ring (bicyclic) bond motifs is 2. The number of aromatic nitrogens is 3. The zero-order valence-electron chi connectivity index (χ0n) is 16.3. The maximum atomic E-state index is 12.6. The molecule has 0 radical (unpaired) electrons. The van der Waals surface area contributed by atoms with Crippen molar-refractivity contribution in [2.75, 3.05) is 13.6 Å². The number of benzene rings is 2. The summed E-state index contributed by atoms with van der Waals surface area (Å²) in [6, 6.07) is 12.0. The second-order valence-electron chi connectivity index (χ2n) is 7.07. The molecule has 0 saturated heterocycles. The van der Waals surface area contributed by atoms with E-state index >= 15 is 0 Å². The van der Waals surface area contributed by atoms with Crippen LogP contribution in [-0.2, 0) is 7.05 Å². The van der Waals surface area contributed by atoms with Gasteiger partial charge in [-0.05, 0) is 41.8 Å². The Hall–Kier alpha value is -3.68. The monoisotopic (exact) mass is 408 g/mol. The normalized spacial score (nSPS) is 11.4. The fourth-order valence-corrected chi connectivity index (χ4v) is 3.30. The number of amides is 1. The minimum Gasteiger partial charge on any atom is -0.336 e. The molecular weight excluding hydrogens is 390 g/mol. The van der Waals surface area contributed by atoms with Gasteiger partial charge in [-0.3, -0.25) is 14.6 Å². The lowest BCUT2D eigenvalue weighted by molar-refractivity contribution is 0.0620. The molecule has 0 aliphatic rings. The molecule has 2 heterocycles. The lowest BCUT2D eigenvalue weighted by Crippen LogP contribution is -2.31. The first-order valence-electron chi connectivity index (χ1n) is 9.23. The zero-order chi connectivity index (χ0) is 21.4. The molecule has 30 heavy (non-hydrogen) atoms. The average molecular weight is 408 g/mol. The van der Waals surface area contributed by atoms with E-state index in [1.54, 1.807) is 49.8 Å². The highest BCUT2D eigenvalue weighted by Crippen LogP contribution is 2.23. The van der Waals surface area contributed by atoms with Crippen molar-refractivity contribution >= 4 is 27.7 Å². The summed E-state index contributed by atoms with van der Waals surface area (Å²) in [6.07, 6.45) is 0.721. The quantitative estimate of drug-likeness (QED) is 0.519. The maximum absolute atomic E-state index is 12.6. The summed E-state index contributed by atoms with van der Waals surface area (Å²) in [5.74, 6) is -0.508. The number of hydrogen-bond donors (Lipinski definition) is 0. The summed E-state index contributed by atoms with van der Waals surface area (Å²) in [5.41, 5.74) is 2.60. The van der Waals surface area contributed by atoms with Crippen molar-refractivity contribution in [1.82, 2.24) is 19.4 Å². The third-order valence-corrected chi connectivity index (χ3v) is 4.92. The van der Waals surface area contributed by atoms with Gasteiger partial charge in [0.1, 0.15) is 0 Å². The van der Waals surface area contributed by atoms with Crippen LogP contribution in [-0.4, -0.2) is 45.4 Å². The molecule has 0 aliphatic heterocycles. The standard InChI is InChI=1S/C22H18F2N4O2/c1-27-8-7-13-9-14(3-5-16(13)22(27)30)19-11-25-17-6-4-15(10-18(17)26-19)21(29)28(2)12-20(23)24/h3-11,20H,12H2,1-2H3. The van der Waals surface area contributed by atoms with Gasteiger partial charge < -0.3 is 9.47 Å². The second kappa shape index (κ2) is 7.62. The molecule has 0 spiro atoms. The lowest BCUT2D eigenvalue weighted by Gasteiger charge is -2.16. The topological polar surface area (TPSA) is 68.1 Å². The van der Waals surface area contributed by atoms with Crippen molar-refractivity contribution in [1.29, 1.82) is 0 Å². The zero-order valence-corrected chi connectivity index (χ0v) is 16.3. The number of carbonyl (C=O) groups excluding carboxylic acids is 1. The highest BCUT2D eigenvalue weighted by atomic mass is 19.3. The predicted octanol–water partition coefficient (Wildman–Crippen LogP) is 3.49. The first-order chi connectivity index (χ1) is 14.3. The summed E-state index contributed by atoms with van der Waals surface area (Å²) in [5, 5.41) is 1.39. The van der Waals surface area contributed by atoms with Gasteiger partial charge in [-0.25, -0.2) is 13.8 Å². The number of pyridine rings is 1.